The Kier molecular flexibility index (Phi) is 10.1. The van der Waals surface area contributed by atoms with Crippen LogP contribution in [-0.4, -0.2) is 55.3 Å². The van der Waals surface area contributed by atoms with Crippen molar-refractivity contribution in [1.82, 2.24) is 9.97 Å². The fourth-order valence-corrected chi connectivity index (χ4v) is 5.17. The summed E-state index contributed by atoms with van der Waals surface area (Å²) in [7, 11) is 0. The number of carbonyl (C=O) groups is 1. The number of nitrogens with zero attached hydrogens (tertiary/aromatic N) is 2. The van der Waals surface area contributed by atoms with E-state index in [2.05, 4.69) is 6.07 Å². The van der Waals surface area contributed by atoms with E-state index in [1.54, 1.807) is 30.3 Å². The third-order valence-electron chi connectivity index (χ3n) is 7.42. The molecule has 45 heavy (non-hydrogen) atoms. The molecule has 1 fully saturated rings. The first-order valence-corrected chi connectivity index (χ1v) is 15.3. The summed E-state index contributed by atoms with van der Waals surface area (Å²) in [6.07, 6.45) is 3.08. The predicted molar refractivity (Wildman–Crippen MR) is 172 cm³/mol. The van der Waals surface area contributed by atoms with Crippen LogP contribution in [0, 0.1) is 6.92 Å². The van der Waals surface area contributed by atoms with Gasteiger partial charge in [-0.15, -0.1) is 0 Å². The second-order valence-corrected chi connectivity index (χ2v) is 10.9. The second-order valence-electron chi connectivity index (χ2n) is 10.9. The van der Waals surface area contributed by atoms with Gasteiger partial charge < -0.3 is 23.7 Å². The third-order valence-corrected chi connectivity index (χ3v) is 7.42. The molecule has 0 bridgehead atoms. The molecule has 6 rings (SSSR count). The van der Waals surface area contributed by atoms with E-state index < -0.39 is 5.97 Å². The lowest BCUT2D eigenvalue weighted by Crippen LogP contribution is -2.24. The molecule has 5 aromatic rings. The molecule has 0 saturated carbocycles. The van der Waals surface area contributed by atoms with Crippen LogP contribution in [0.1, 0.15) is 35.2 Å². The smallest absolute Gasteiger partial charge is 0.343 e. The number of carbonyl (C=O) groups excluding carboxylic acids is 1. The number of esters is 1. The molecule has 8 nitrogen and oxygen atoms in total. The second kappa shape index (κ2) is 14.9. The zero-order valence-electron chi connectivity index (χ0n) is 25.3. The molecule has 230 valence electrons. The van der Waals surface area contributed by atoms with E-state index in [1.807, 2.05) is 67.6 Å². The van der Waals surface area contributed by atoms with E-state index in [9.17, 15) is 4.79 Å². The van der Waals surface area contributed by atoms with Gasteiger partial charge in [0.2, 0.25) is 0 Å². The quantitative estimate of drug-likeness (QED) is 0.0825. The standard InChI is InChI=1S/C37H36N2O6/c1-26-9-7-12-28(23-26)35-36(29-13-8-14-31(24-29)45-37(40)27-10-3-2-4-11-27)38-32-17-16-30(25-33(32)39-35)42-21-19-41-20-22-44-34-15-5-6-18-43-34/h2-4,7-14,16-17,23-25,34H,5-6,15,18-22H2,1H3. The molecule has 0 aliphatic carbocycles. The van der Waals surface area contributed by atoms with E-state index in [4.69, 9.17) is 33.7 Å². The Morgan fingerprint density at radius 1 is 0.756 bits per heavy atom. The number of hydrogen-bond acceptors (Lipinski definition) is 8. The molecule has 8 heteroatoms. The van der Waals surface area contributed by atoms with Crippen molar-refractivity contribution in [2.45, 2.75) is 32.5 Å². The zero-order valence-corrected chi connectivity index (χ0v) is 25.3. The lowest BCUT2D eigenvalue weighted by molar-refractivity contribution is -0.169. The maximum absolute atomic E-state index is 12.7. The summed E-state index contributed by atoms with van der Waals surface area (Å²) in [6, 6.07) is 30.1. The predicted octanol–water partition coefficient (Wildman–Crippen LogP) is 7.43. The van der Waals surface area contributed by atoms with Gasteiger partial charge in [0.05, 0.1) is 47.8 Å². The number of ether oxygens (including phenoxy) is 5. The number of rotatable bonds is 12. The highest BCUT2D eigenvalue weighted by molar-refractivity contribution is 5.91. The largest absolute Gasteiger partial charge is 0.491 e. The van der Waals surface area contributed by atoms with Crippen LogP contribution in [-0.2, 0) is 14.2 Å². The van der Waals surface area contributed by atoms with Crippen LogP contribution in [0.2, 0.25) is 0 Å². The zero-order chi connectivity index (χ0) is 30.8. The summed E-state index contributed by atoms with van der Waals surface area (Å²) in [5.74, 6) is 0.694. The van der Waals surface area contributed by atoms with E-state index in [0.29, 0.717) is 54.7 Å². The van der Waals surface area contributed by atoms with Crippen LogP contribution in [0.4, 0.5) is 0 Å². The van der Waals surface area contributed by atoms with E-state index in [1.165, 1.54) is 0 Å². The number of aromatic nitrogens is 2. The van der Waals surface area contributed by atoms with Crippen molar-refractivity contribution < 1.29 is 28.5 Å². The van der Waals surface area contributed by atoms with Gasteiger partial charge in [-0.3, -0.25) is 0 Å². The van der Waals surface area contributed by atoms with Crippen LogP contribution in [0.5, 0.6) is 11.5 Å². The van der Waals surface area contributed by atoms with Gasteiger partial charge in [0.15, 0.2) is 6.29 Å². The molecule has 0 N–H and O–H groups in total. The molecule has 1 atom stereocenters. The lowest BCUT2D eigenvalue weighted by Gasteiger charge is -2.22. The molecule has 1 aliphatic rings. The third kappa shape index (κ3) is 8.10. The SMILES string of the molecule is Cc1cccc(-c2nc3cc(OCCOCCOC4CCCCO4)ccc3nc2-c2cccc(OC(=O)c3ccccc3)c2)c1. The van der Waals surface area contributed by atoms with Gasteiger partial charge in [0.25, 0.3) is 0 Å². The summed E-state index contributed by atoms with van der Waals surface area (Å²) in [5.41, 5.74) is 6.16. The molecule has 1 saturated heterocycles. The summed E-state index contributed by atoms with van der Waals surface area (Å²) >= 11 is 0. The molecular weight excluding hydrogens is 568 g/mol. The maximum Gasteiger partial charge on any atom is 0.343 e. The Labute approximate surface area is 262 Å². The van der Waals surface area contributed by atoms with Crippen LogP contribution in [0.15, 0.2) is 97.1 Å². The van der Waals surface area contributed by atoms with Crippen molar-refractivity contribution in [1.29, 1.82) is 0 Å². The van der Waals surface area contributed by atoms with Crippen LogP contribution in [0.3, 0.4) is 0 Å². The average molecular weight is 605 g/mol. The Balaban J connectivity index is 1.18. The van der Waals surface area contributed by atoms with Gasteiger partial charge in [-0.1, -0.05) is 54.1 Å². The van der Waals surface area contributed by atoms with Crippen molar-refractivity contribution in [3.05, 3.63) is 108 Å². The Morgan fingerprint density at radius 2 is 1.53 bits per heavy atom. The number of hydrogen-bond donors (Lipinski definition) is 0. The summed E-state index contributed by atoms with van der Waals surface area (Å²) < 4.78 is 28.6. The van der Waals surface area contributed by atoms with Gasteiger partial charge >= 0.3 is 5.97 Å². The first-order valence-electron chi connectivity index (χ1n) is 15.3. The number of aryl methyl sites for hydroxylation is 1. The monoisotopic (exact) mass is 604 g/mol. The molecular formula is C37H36N2O6. The molecule has 2 heterocycles. The molecule has 4 aromatic carbocycles. The molecule has 0 spiro atoms. The van der Waals surface area contributed by atoms with Gasteiger partial charge in [0, 0.05) is 23.8 Å². The van der Waals surface area contributed by atoms with Crippen molar-refractivity contribution in [2.24, 2.45) is 0 Å². The van der Waals surface area contributed by atoms with E-state index in [0.717, 1.165) is 53.8 Å². The number of benzene rings is 4. The normalized spacial score (nSPS) is 14.7. The van der Waals surface area contributed by atoms with Crippen molar-refractivity contribution in [2.75, 3.05) is 33.0 Å². The van der Waals surface area contributed by atoms with Gasteiger partial charge in [0.1, 0.15) is 18.1 Å². The minimum Gasteiger partial charge on any atom is -0.491 e. The molecule has 0 radical (unpaired) electrons. The summed E-state index contributed by atoms with van der Waals surface area (Å²) in [4.78, 5) is 22.8. The highest BCUT2D eigenvalue weighted by Gasteiger charge is 2.17. The molecule has 1 aromatic heterocycles. The molecule has 0 amide bonds. The first kappa shape index (κ1) is 30.4. The fourth-order valence-electron chi connectivity index (χ4n) is 5.17. The number of fused-ring (bicyclic) bond motifs is 1. The Hall–Kier alpha value is -4.63. The Morgan fingerprint density at radius 3 is 2.33 bits per heavy atom. The molecule has 1 aliphatic heterocycles. The summed E-state index contributed by atoms with van der Waals surface area (Å²) in [5, 5.41) is 0. The van der Waals surface area contributed by atoms with Crippen molar-refractivity contribution in [3.63, 3.8) is 0 Å². The topological polar surface area (TPSA) is 89.0 Å². The first-order chi connectivity index (χ1) is 22.1. The van der Waals surface area contributed by atoms with E-state index >= 15 is 0 Å². The molecule has 1 unspecified atom stereocenters. The van der Waals surface area contributed by atoms with Gasteiger partial charge in [-0.2, -0.15) is 0 Å². The highest BCUT2D eigenvalue weighted by Crippen LogP contribution is 2.34. The minimum atomic E-state index is -0.420. The van der Waals surface area contributed by atoms with Crippen LogP contribution >= 0.6 is 0 Å². The fraction of sp³-hybridized carbons (Fsp3) is 0.270. The Bertz CT molecular complexity index is 1740. The summed E-state index contributed by atoms with van der Waals surface area (Å²) in [6.45, 7) is 4.64. The van der Waals surface area contributed by atoms with Gasteiger partial charge in [-0.25, -0.2) is 14.8 Å². The van der Waals surface area contributed by atoms with Crippen LogP contribution < -0.4 is 9.47 Å². The lowest BCUT2D eigenvalue weighted by atomic mass is 10.0. The van der Waals surface area contributed by atoms with Crippen molar-refractivity contribution in [3.8, 4) is 34.0 Å². The maximum atomic E-state index is 12.7. The highest BCUT2D eigenvalue weighted by atomic mass is 16.7. The van der Waals surface area contributed by atoms with E-state index in [-0.39, 0.29) is 6.29 Å². The van der Waals surface area contributed by atoms with Gasteiger partial charge in [-0.05, 0) is 68.7 Å². The van der Waals surface area contributed by atoms with Crippen molar-refractivity contribution >= 4 is 17.0 Å². The minimum absolute atomic E-state index is 0.108. The average Bonchev–Trinajstić information content (AvgIpc) is 3.08. The van der Waals surface area contributed by atoms with Crippen LogP contribution in [0.25, 0.3) is 33.5 Å².